The number of unbranched alkanes of at least 4 members (excludes halogenated alkanes) is 2. The minimum Gasteiger partial charge on any atom is -0.387 e. The molecule has 0 heterocycles. The van der Waals surface area contributed by atoms with Crippen LogP contribution in [0.25, 0.3) is 0 Å². The van der Waals surface area contributed by atoms with Gasteiger partial charge >= 0.3 is 7.82 Å². The first-order chi connectivity index (χ1) is 13.3. The van der Waals surface area contributed by atoms with E-state index < -0.39 is 21.2 Å². The van der Waals surface area contributed by atoms with Gasteiger partial charge in [0.1, 0.15) is 6.10 Å². The number of ether oxygens (including phenoxy) is 3. The standard InChI is InChI=1S/C18H40O8P2/c1-4-7-8-9-23-10-11-24-12-13-25-14-15-27(5-2,6-3)17-18(19)16-26-28(20,21)22/h18-19H,4-17H2,1-3H3,(H-,20,21,22)/p+1. The number of aliphatic hydroxyl groups is 1. The lowest BCUT2D eigenvalue weighted by atomic mass is 10.3. The molecule has 0 saturated carbocycles. The molecular weight excluding hydrogens is 406 g/mol. The third-order valence-corrected chi connectivity index (χ3v) is 10.2. The smallest absolute Gasteiger partial charge is 0.387 e. The van der Waals surface area contributed by atoms with Crippen LogP contribution in [0, 0.1) is 0 Å². The predicted octanol–water partition coefficient (Wildman–Crippen LogP) is 2.75. The van der Waals surface area contributed by atoms with Crippen LogP contribution in [0.1, 0.15) is 40.0 Å². The van der Waals surface area contributed by atoms with E-state index in [0.29, 0.717) is 39.2 Å². The highest BCUT2D eigenvalue weighted by molar-refractivity contribution is 7.75. The van der Waals surface area contributed by atoms with Crippen molar-refractivity contribution in [1.82, 2.24) is 0 Å². The largest absolute Gasteiger partial charge is 0.469 e. The van der Waals surface area contributed by atoms with Crippen molar-refractivity contribution >= 4 is 15.1 Å². The molecule has 0 spiro atoms. The van der Waals surface area contributed by atoms with Gasteiger partial charge in [0.25, 0.3) is 0 Å². The summed E-state index contributed by atoms with van der Waals surface area (Å²) in [5, 5.41) is 10.1. The SMILES string of the molecule is CCCCCOCCOCCOCC[P+](CC)(CC)CC(O)COP(=O)(O)O. The molecule has 0 aromatic carbocycles. The first kappa shape index (κ1) is 28.4. The molecule has 0 bridgehead atoms. The molecule has 0 aliphatic rings. The average Bonchev–Trinajstić information content (AvgIpc) is 2.65. The number of rotatable bonds is 20. The van der Waals surface area contributed by atoms with Crippen molar-refractivity contribution in [2.75, 3.05) is 70.9 Å². The lowest BCUT2D eigenvalue weighted by Gasteiger charge is -2.27. The second-order valence-corrected chi connectivity index (χ2v) is 12.9. The zero-order valence-electron chi connectivity index (χ0n) is 17.8. The Kier molecular flexibility index (Phi) is 17.3. The van der Waals surface area contributed by atoms with Gasteiger partial charge in [-0.1, -0.05) is 19.8 Å². The second kappa shape index (κ2) is 17.1. The van der Waals surface area contributed by atoms with E-state index in [-0.39, 0.29) is 6.61 Å². The van der Waals surface area contributed by atoms with Crippen LogP contribution >= 0.6 is 15.1 Å². The van der Waals surface area contributed by atoms with Gasteiger partial charge in [0.05, 0.1) is 64.3 Å². The Morgan fingerprint density at radius 2 is 1.39 bits per heavy atom. The Morgan fingerprint density at radius 3 is 1.89 bits per heavy atom. The summed E-state index contributed by atoms with van der Waals surface area (Å²) in [4.78, 5) is 17.5. The van der Waals surface area contributed by atoms with Gasteiger partial charge in [-0.15, -0.1) is 0 Å². The van der Waals surface area contributed by atoms with E-state index in [1.165, 1.54) is 12.8 Å². The van der Waals surface area contributed by atoms with Crippen LogP contribution in [0.15, 0.2) is 0 Å². The molecule has 0 saturated heterocycles. The lowest BCUT2D eigenvalue weighted by Crippen LogP contribution is -2.26. The first-order valence-corrected chi connectivity index (χ1v) is 14.3. The summed E-state index contributed by atoms with van der Waals surface area (Å²) in [6.07, 6.45) is 5.90. The van der Waals surface area contributed by atoms with Crippen molar-refractivity contribution in [3.05, 3.63) is 0 Å². The van der Waals surface area contributed by atoms with Gasteiger partial charge in [-0.2, -0.15) is 0 Å². The van der Waals surface area contributed by atoms with Crippen molar-refractivity contribution in [3.63, 3.8) is 0 Å². The fraction of sp³-hybridized carbons (Fsp3) is 1.00. The van der Waals surface area contributed by atoms with Crippen LogP contribution in [0.3, 0.4) is 0 Å². The third-order valence-electron chi connectivity index (χ3n) is 4.72. The van der Waals surface area contributed by atoms with Gasteiger partial charge < -0.3 is 29.1 Å². The van der Waals surface area contributed by atoms with E-state index in [1.54, 1.807) is 0 Å². The summed E-state index contributed by atoms with van der Waals surface area (Å²) in [6.45, 7) is 9.63. The number of hydrogen-bond donors (Lipinski definition) is 3. The molecule has 0 aromatic heterocycles. The fourth-order valence-electron chi connectivity index (χ4n) is 2.83. The topological polar surface area (TPSA) is 115 Å². The zero-order valence-corrected chi connectivity index (χ0v) is 19.5. The van der Waals surface area contributed by atoms with Crippen LogP contribution in [0.4, 0.5) is 0 Å². The normalized spacial score (nSPS) is 13.8. The molecule has 3 N–H and O–H groups in total. The van der Waals surface area contributed by atoms with Gasteiger partial charge in [-0.25, -0.2) is 4.57 Å². The Labute approximate surface area is 170 Å². The Morgan fingerprint density at radius 1 is 0.857 bits per heavy atom. The molecule has 10 heteroatoms. The Hall–Kier alpha value is 0.380. The molecule has 0 aromatic rings. The van der Waals surface area contributed by atoms with E-state index in [1.807, 2.05) is 0 Å². The molecule has 0 radical (unpaired) electrons. The number of phosphoric acid groups is 1. The van der Waals surface area contributed by atoms with Crippen LogP contribution in [0.2, 0.25) is 0 Å². The summed E-state index contributed by atoms with van der Waals surface area (Å²) < 4.78 is 31.8. The first-order valence-electron chi connectivity index (χ1n) is 10.2. The van der Waals surface area contributed by atoms with Gasteiger partial charge in [-0.3, -0.25) is 4.52 Å². The Bertz CT molecular complexity index is 401. The minimum absolute atomic E-state index is 0.346. The molecule has 1 unspecified atom stereocenters. The predicted molar refractivity (Wildman–Crippen MR) is 114 cm³/mol. The summed E-state index contributed by atoms with van der Waals surface area (Å²) in [5.41, 5.74) is 0. The highest BCUT2D eigenvalue weighted by Crippen LogP contribution is 2.58. The van der Waals surface area contributed by atoms with E-state index in [2.05, 4.69) is 25.3 Å². The minimum atomic E-state index is -4.55. The molecule has 0 rings (SSSR count). The summed E-state index contributed by atoms with van der Waals surface area (Å²) in [5.74, 6) is 0. The molecule has 1 atom stereocenters. The van der Waals surface area contributed by atoms with Crippen LogP contribution in [-0.2, 0) is 23.3 Å². The number of hydrogen-bond acceptors (Lipinski definition) is 6. The van der Waals surface area contributed by atoms with Crippen molar-refractivity contribution in [1.29, 1.82) is 0 Å². The molecule has 0 fully saturated rings. The van der Waals surface area contributed by atoms with Crippen molar-refractivity contribution < 1.29 is 38.2 Å². The highest BCUT2D eigenvalue weighted by Gasteiger charge is 2.36. The van der Waals surface area contributed by atoms with E-state index in [4.69, 9.17) is 24.0 Å². The van der Waals surface area contributed by atoms with Gasteiger partial charge in [-0.05, 0) is 20.3 Å². The highest BCUT2D eigenvalue weighted by atomic mass is 31.2. The van der Waals surface area contributed by atoms with Crippen molar-refractivity contribution in [2.24, 2.45) is 0 Å². The summed E-state index contributed by atoms with van der Waals surface area (Å²) in [6, 6.07) is 0. The van der Waals surface area contributed by atoms with E-state index >= 15 is 0 Å². The van der Waals surface area contributed by atoms with Crippen LogP contribution < -0.4 is 0 Å². The molecule has 28 heavy (non-hydrogen) atoms. The van der Waals surface area contributed by atoms with E-state index in [0.717, 1.165) is 31.5 Å². The van der Waals surface area contributed by atoms with Crippen molar-refractivity contribution in [3.8, 4) is 0 Å². The maximum absolute atomic E-state index is 10.8. The van der Waals surface area contributed by atoms with Gasteiger partial charge in [0.2, 0.25) is 0 Å². The molecular formula is C18H41O8P2+. The maximum atomic E-state index is 10.8. The van der Waals surface area contributed by atoms with E-state index in [9.17, 15) is 9.67 Å². The quantitative estimate of drug-likeness (QED) is 0.193. The molecule has 8 nitrogen and oxygen atoms in total. The average molecular weight is 447 g/mol. The summed E-state index contributed by atoms with van der Waals surface area (Å²) >= 11 is 0. The van der Waals surface area contributed by atoms with Crippen LogP contribution in [0.5, 0.6) is 0 Å². The fourth-order valence-corrected chi connectivity index (χ4v) is 6.49. The lowest BCUT2D eigenvalue weighted by molar-refractivity contribution is 0.0165. The number of phosphoric ester groups is 1. The van der Waals surface area contributed by atoms with Crippen LogP contribution in [-0.4, -0.2) is 91.9 Å². The third kappa shape index (κ3) is 16.2. The van der Waals surface area contributed by atoms with Crippen molar-refractivity contribution in [2.45, 2.75) is 46.1 Å². The van der Waals surface area contributed by atoms with Gasteiger partial charge in [0.15, 0.2) is 0 Å². The molecule has 0 aliphatic carbocycles. The zero-order chi connectivity index (χ0) is 21.3. The second-order valence-electron chi connectivity index (χ2n) is 6.86. The maximum Gasteiger partial charge on any atom is 0.469 e. The Balaban J connectivity index is 3.86. The van der Waals surface area contributed by atoms with Gasteiger partial charge in [0, 0.05) is 13.9 Å². The molecule has 170 valence electrons. The molecule has 0 aliphatic heterocycles. The number of aliphatic hydroxyl groups excluding tert-OH is 1. The monoisotopic (exact) mass is 447 g/mol. The molecule has 0 amide bonds. The summed E-state index contributed by atoms with van der Waals surface area (Å²) in [7, 11) is -5.99.